The molecule has 0 aromatic rings. The van der Waals surface area contributed by atoms with Gasteiger partial charge in [-0.05, 0) is 24.4 Å². The quantitative estimate of drug-likeness (QED) is 0.115. The monoisotopic (exact) mass is 354 g/mol. The van der Waals surface area contributed by atoms with E-state index >= 15 is 0 Å². The average Bonchev–Trinajstić information content (AvgIpc) is 2.46. The minimum atomic E-state index is -1.88. The Bertz CT molecular complexity index is 448. The summed E-state index contributed by atoms with van der Waals surface area (Å²) < 4.78 is 0. The van der Waals surface area contributed by atoms with Gasteiger partial charge in [0.25, 0.3) is 0 Å². The van der Waals surface area contributed by atoms with Gasteiger partial charge in [0.2, 0.25) is 0 Å². The number of hydrogen-bond donors (Lipinski definition) is 9. The Balaban J connectivity index is 5.13. The van der Waals surface area contributed by atoms with Gasteiger partial charge in [-0.3, -0.25) is 10.9 Å². The number of hydrazone groups is 2. The van der Waals surface area contributed by atoms with Crippen LogP contribution in [0.2, 0.25) is 0 Å². The predicted octanol–water partition coefficient (Wildman–Crippen LogP) is -4.57. The summed E-state index contributed by atoms with van der Waals surface area (Å²) in [5.74, 6) is 0. The zero-order chi connectivity index (χ0) is 17.3. The largest absolute Gasteiger partial charge is 0.394 e. The maximum absolute atomic E-state index is 9.93. The molecule has 0 aromatic carbocycles. The molecular weight excluding hydrogens is 336 g/mol. The lowest BCUT2D eigenvalue weighted by atomic mass is 10.0. The summed E-state index contributed by atoms with van der Waals surface area (Å²) in [5, 5.41) is 53.9. The van der Waals surface area contributed by atoms with Crippen LogP contribution in [0.3, 0.4) is 0 Å². The van der Waals surface area contributed by atoms with Crippen LogP contribution in [0.15, 0.2) is 10.2 Å². The Kier molecular flexibility index (Phi) is 9.59. The highest BCUT2D eigenvalue weighted by molar-refractivity contribution is 7.80. The van der Waals surface area contributed by atoms with E-state index in [1.807, 2.05) is 0 Å². The molecule has 0 aromatic heterocycles. The summed E-state index contributed by atoms with van der Waals surface area (Å²) in [6.07, 6.45) is -6.26. The maximum atomic E-state index is 9.93. The van der Waals surface area contributed by atoms with Gasteiger partial charge >= 0.3 is 0 Å². The number of rotatable bonds is 8. The van der Waals surface area contributed by atoms with E-state index in [0.717, 1.165) is 6.21 Å². The zero-order valence-electron chi connectivity index (χ0n) is 11.2. The number of hydrogen-bond acceptors (Lipinski definition) is 9. The molecule has 0 aliphatic carbocycles. The molecule has 0 heterocycles. The summed E-state index contributed by atoms with van der Waals surface area (Å²) >= 11 is 9.03. The fraction of sp³-hybridized carbons (Fsp3) is 0.556. The SMILES string of the molecule is NC(=S)N/N=C(/C=N/NC(N)=S)[C@@H](O)[C@@H](O)[C@@H](O)[C@@H](O)CO. The Labute approximate surface area is 136 Å². The summed E-state index contributed by atoms with van der Waals surface area (Å²) in [5.41, 5.74) is 14.3. The van der Waals surface area contributed by atoms with E-state index in [1.54, 1.807) is 0 Å². The summed E-state index contributed by atoms with van der Waals surface area (Å²) in [6.45, 7) is -0.820. The molecule has 4 atom stereocenters. The molecule has 0 aliphatic heterocycles. The van der Waals surface area contributed by atoms with Crippen molar-refractivity contribution in [3.8, 4) is 0 Å². The highest BCUT2D eigenvalue weighted by Crippen LogP contribution is 2.06. The Hall–Kier alpha value is -1.48. The second-order valence-electron chi connectivity index (χ2n) is 3.92. The molecule has 0 radical (unpaired) electrons. The highest BCUT2D eigenvalue weighted by Gasteiger charge is 2.32. The number of thiocarbonyl (C=S) groups is 2. The molecule has 11 nitrogen and oxygen atoms in total. The summed E-state index contributed by atoms with van der Waals surface area (Å²) in [4.78, 5) is 0. The van der Waals surface area contributed by atoms with Gasteiger partial charge in [-0.25, -0.2) is 0 Å². The van der Waals surface area contributed by atoms with Crippen molar-refractivity contribution in [1.82, 2.24) is 10.9 Å². The fourth-order valence-corrected chi connectivity index (χ4v) is 1.25. The maximum Gasteiger partial charge on any atom is 0.184 e. The molecule has 11 N–H and O–H groups in total. The van der Waals surface area contributed by atoms with Gasteiger partial charge < -0.3 is 37.0 Å². The number of nitrogens with zero attached hydrogens (tertiary/aromatic N) is 2. The molecule has 0 aliphatic rings. The summed E-state index contributed by atoms with van der Waals surface area (Å²) in [7, 11) is 0. The third kappa shape index (κ3) is 7.51. The first-order chi connectivity index (χ1) is 10.2. The molecule has 126 valence electrons. The van der Waals surface area contributed by atoms with Crippen LogP contribution < -0.4 is 22.3 Å². The molecule has 0 bridgehead atoms. The fourth-order valence-electron chi connectivity index (χ4n) is 1.15. The van der Waals surface area contributed by atoms with Crippen LogP contribution in [0.25, 0.3) is 0 Å². The van der Waals surface area contributed by atoms with E-state index in [9.17, 15) is 20.4 Å². The van der Waals surface area contributed by atoms with E-state index in [0.29, 0.717) is 0 Å². The molecule has 0 spiro atoms. The average molecular weight is 354 g/mol. The standard InChI is InChI=1S/C9H18N6O5S2/c10-8(21)14-12-1-3(13-15-9(11)22)5(18)7(20)6(19)4(17)2-16/h1,4-7,16-20H,2H2,(H3,10,14,21)(H3,11,15,22)/b12-1+,13-3-/t4-,5+,6-,7+/m0/s1. The van der Waals surface area contributed by atoms with Gasteiger partial charge in [-0.1, -0.05) is 0 Å². The van der Waals surface area contributed by atoms with Crippen LogP contribution in [0, 0.1) is 0 Å². The summed E-state index contributed by atoms with van der Waals surface area (Å²) in [6, 6.07) is 0. The number of nitrogens with one attached hydrogen (secondary N) is 2. The van der Waals surface area contributed by atoms with E-state index in [2.05, 4.69) is 45.5 Å². The molecule has 0 rings (SSSR count). The van der Waals surface area contributed by atoms with Crippen LogP contribution in [0.5, 0.6) is 0 Å². The second-order valence-corrected chi connectivity index (χ2v) is 4.80. The van der Waals surface area contributed by atoms with Gasteiger partial charge in [0, 0.05) is 0 Å². The second kappa shape index (κ2) is 10.3. The van der Waals surface area contributed by atoms with Crippen molar-refractivity contribution >= 4 is 46.6 Å². The molecule has 0 unspecified atom stereocenters. The van der Waals surface area contributed by atoms with Gasteiger partial charge in [0.05, 0.1) is 12.8 Å². The Morgan fingerprint density at radius 2 is 1.59 bits per heavy atom. The number of aliphatic hydroxyl groups is 5. The van der Waals surface area contributed by atoms with Crippen molar-refractivity contribution in [3.63, 3.8) is 0 Å². The van der Waals surface area contributed by atoms with Crippen molar-refractivity contribution in [2.75, 3.05) is 6.61 Å². The minimum absolute atomic E-state index is 0.163. The topological polar surface area (TPSA) is 202 Å². The normalized spacial score (nSPS) is 17.6. The van der Waals surface area contributed by atoms with Gasteiger partial charge in [0.15, 0.2) is 10.2 Å². The van der Waals surface area contributed by atoms with Crippen molar-refractivity contribution in [2.24, 2.45) is 21.7 Å². The van der Waals surface area contributed by atoms with E-state index in [1.165, 1.54) is 0 Å². The van der Waals surface area contributed by atoms with Gasteiger partial charge in [-0.2, -0.15) is 10.2 Å². The van der Waals surface area contributed by atoms with Crippen LogP contribution in [-0.2, 0) is 0 Å². The van der Waals surface area contributed by atoms with Crippen LogP contribution in [0.4, 0.5) is 0 Å². The van der Waals surface area contributed by atoms with Gasteiger partial charge in [-0.15, -0.1) is 0 Å². The molecule has 13 heteroatoms. The third-order valence-corrected chi connectivity index (χ3v) is 2.41. The first-order valence-electron chi connectivity index (χ1n) is 5.75. The minimum Gasteiger partial charge on any atom is -0.394 e. The molecular formula is C9H18N6O5S2. The molecule has 0 fully saturated rings. The van der Waals surface area contributed by atoms with E-state index in [-0.39, 0.29) is 15.9 Å². The van der Waals surface area contributed by atoms with E-state index in [4.69, 9.17) is 16.6 Å². The number of nitrogens with two attached hydrogens (primary N) is 2. The first kappa shape index (κ1) is 20.5. The third-order valence-electron chi connectivity index (χ3n) is 2.22. The van der Waals surface area contributed by atoms with E-state index < -0.39 is 31.0 Å². The van der Waals surface area contributed by atoms with Crippen LogP contribution in [0.1, 0.15) is 0 Å². The number of aliphatic hydroxyl groups excluding tert-OH is 5. The van der Waals surface area contributed by atoms with Crippen molar-refractivity contribution < 1.29 is 25.5 Å². The van der Waals surface area contributed by atoms with Gasteiger partial charge in [0.1, 0.15) is 30.1 Å². The smallest absolute Gasteiger partial charge is 0.184 e. The lowest BCUT2D eigenvalue weighted by Gasteiger charge is -2.25. The zero-order valence-corrected chi connectivity index (χ0v) is 12.8. The molecule has 0 amide bonds. The van der Waals surface area contributed by atoms with Crippen LogP contribution in [-0.4, -0.2) is 78.7 Å². The van der Waals surface area contributed by atoms with Crippen LogP contribution >= 0.6 is 24.4 Å². The Morgan fingerprint density at radius 3 is 2.05 bits per heavy atom. The molecule has 0 saturated carbocycles. The highest BCUT2D eigenvalue weighted by atomic mass is 32.1. The lowest BCUT2D eigenvalue weighted by molar-refractivity contribution is -0.100. The molecule has 22 heavy (non-hydrogen) atoms. The van der Waals surface area contributed by atoms with Crippen molar-refractivity contribution in [1.29, 1.82) is 0 Å². The lowest BCUT2D eigenvalue weighted by Crippen LogP contribution is -2.49. The van der Waals surface area contributed by atoms with Crippen molar-refractivity contribution in [3.05, 3.63) is 0 Å². The molecule has 0 saturated heterocycles. The predicted molar refractivity (Wildman–Crippen MR) is 86.9 cm³/mol. The van der Waals surface area contributed by atoms with Crippen molar-refractivity contribution in [2.45, 2.75) is 24.4 Å². The first-order valence-corrected chi connectivity index (χ1v) is 6.57. The Morgan fingerprint density at radius 1 is 1.05 bits per heavy atom.